The standard InChI is InChI=1S/C16H18N4O6S3/c1-3-26-14(22)9-28-16-19-18-15(29-16)17-13(21)8-27-7-10-4-5-12(25-2)11(6-10)20(23)24/h4-6H,3,7-9H2,1-2H3,(H,17,18,21). The zero-order chi connectivity index (χ0) is 21.2. The molecule has 0 radical (unpaired) electrons. The van der Waals surface area contributed by atoms with Crippen LogP contribution in [0, 0.1) is 10.1 Å². The third kappa shape index (κ3) is 7.51. The highest BCUT2D eigenvalue weighted by Crippen LogP contribution is 2.29. The summed E-state index contributed by atoms with van der Waals surface area (Å²) < 4.78 is 10.3. The number of carbonyl (C=O) groups excluding carboxylic acids is 2. The Balaban J connectivity index is 1.78. The smallest absolute Gasteiger partial charge is 0.316 e. The number of rotatable bonds is 11. The van der Waals surface area contributed by atoms with Crippen molar-refractivity contribution in [2.24, 2.45) is 0 Å². The molecule has 0 saturated carbocycles. The molecule has 0 aliphatic heterocycles. The molecule has 0 aliphatic rings. The number of esters is 1. The fraction of sp³-hybridized carbons (Fsp3) is 0.375. The summed E-state index contributed by atoms with van der Waals surface area (Å²) in [5.74, 6) is 0.277. The van der Waals surface area contributed by atoms with Crippen LogP contribution in [0.1, 0.15) is 12.5 Å². The van der Waals surface area contributed by atoms with Gasteiger partial charge >= 0.3 is 11.7 Å². The molecule has 10 nitrogen and oxygen atoms in total. The molecule has 1 N–H and O–H groups in total. The number of hydrogen-bond donors (Lipinski definition) is 1. The first-order chi connectivity index (χ1) is 13.9. The second-order valence-electron chi connectivity index (χ2n) is 5.27. The number of methoxy groups -OCH3 is 1. The number of nitrogens with zero attached hydrogens (tertiary/aromatic N) is 3. The van der Waals surface area contributed by atoms with E-state index in [-0.39, 0.29) is 34.8 Å². The SMILES string of the molecule is CCOC(=O)CSc1nnc(NC(=O)CSCc2ccc(OC)c([N+](=O)[O-])c2)s1. The predicted octanol–water partition coefficient (Wildman–Crippen LogP) is 2.98. The van der Waals surface area contributed by atoms with Crippen molar-refractivity contribution < 1.29 is 24.0 Å². The largest absolute Gasteiger partial charge is 0.490 e. The molecule has 156 valence electrons. The number of amides is 1. The zero-order valence-electron chi connectivity index (χ0n) is 15.6. The van der Waals surface area contributed by atoms with Gasteiger partial charge in [-0.05, 0) is 18.6 Å². The summed E-state index contributed by atoms with van der Waals surface area (Å²) in [6.07, 6.45) is 0. The maximum absolute atomic E-state index is 12.0. The molecule has 29 heavy (non-hydrogen) atoms. The van der Waals surface area contributed by atoms with E-state index in [2.05, 4.69) is 15.5 Å². The van der Waals surface area contributed by atoms with E-state index in [1.165, 1.54) is 42.8 Å². The summed E-state index contributed by atoms with van der Waals surface area (Å²) in [4.78, 5) is 33.9. The average Bonchev–Trinajstić information content (AvgIpc) is 3.13. The van der Waals surface area contributed by atoms with E-state index in [0.29, 0.717) is 27.4 Å². The molecule has 1 heterocycles. The first kappa shape index (κ1) is 22.9. The van der Waals surface area contributed by atoms with E-state index in [0.717, 1.165) is 11.3 Å². The van der Waals surface area contributed by atoms with Crippen molar-refractivity contribution in [3.8, 4) is 5.75 Å². The molecule has 1 amide bonds. The lowest BCUT2D eigenvalue weighted by Crippen LogP contribution is -2.14. The lowest BCUT2D eigenvalue weighted by Gasteiger charge is -2.05. The van der Waals surface area contributed by atoms with Crippen LogP contribution in [0.25, 0.3) is 0 Å². The molecule has 13 heteroatoms. The fourth-order valence-electron chi connectivity index (χ4n) is 2.03. The van der Waals surface area contributed by atoms with E-state index in [4.69, 9.17) is 9.47 Å². The van der Waals surface area contributed by atoms with Gasteiger partial charge in [0.25, 0.3) is 0 Å². The summed E-state index contributed by atoms with van der Waals surface area (Å²) in [5, 5.41) is 21.8. The monoisotopic (exact) mass is 458 g/mol. The third-order valence-corrected chi connectivity index (χ3v) is 6.16. The van der Waals surface area contributed by atoms with Crippen molar-refractivity contribution in [2.75, 3.05) is 30.5 Å². The van der Waals surface area contributed by atoms with Crippen molar-refractivity contribution in [3.63, 3.8) is 0 Å². The molecular weight excluding hydrogens is 440 g/mol. The van der Waals surface area contributed by atoms with E-state index >= 15 is 0 Å². The molecule has 0 bridgehead atoms. The van der Waals surface area contributed by atoms with E-state index in [9.17, 15) is 19.7 Å². The van der Waals surface area contributed by atoms with Crippen LogP contribution in [0.15, 0.2) is 22.5 Å². The molecule has 2 aromatic rings. The Labute approximate surface area is 178 Å². The summed E-state index contributed by atoms with van der Waals surface area (Å²) in [6, 6.07) is 4.68. The predicted molar refractivity (Wildman–Crippen MR) is 112 cm³/mol. The Kier molecular flexibility index (Phi) is 9.15. The Morgan fingerprint density at radius 2 is 2.10 bits per heavy atom. The maximum Gasteiger partial charge on any atom is 0.316 e. The van der Waals surface area contributed by atoms with Crippen LogP contribution in [0.4, 0.5) is 10.8 Å². The number of thioether (sulfide) groups is 2. The van der Waals surface area contributed by atoms with Crippen LogP contribution in [0.2, 0.25) is 0 Å². The van der Waals surface area contributed by atoms with Crippen molar-refractivity contribution in [2.45, 2.75) is 17.0 Å². The van der Waals surface area contributed by atoms with E-state index < -0.39 is 4.92 Å². The number of carbonyl (C=O) groups is 2. The number of anilines is 1. The van der Waals surface area contributed by atoms with Crippen LogP contribution < -0.4 is 10.1 Å². The van der Waals surface area contributed by atoms with Gasteiger partial charge < -0.3 is 9.47 Å². The van der Waals surface area contributed by atoms with Crippen LogP contribution in [0.3, 0.4) is 0 Å². The van der Waals surface area contributed by atoms with Crippen molar-refractivity contribution in [1.82, 2.24) is 10.2 Å². The van der Waals surface area contributed by atoms with Gasteiger partial charge in [0.1, 0.15) is 0 Å². The Morgan fingerprint density at radius 3 is 2.79 bits per heavy atom. The molecule has 1 aromatic carbocycles. The van der Waals surface area contributed by atoms with Crippen LogP contribution in [0.5, 0.6) is 5.75 Å². The minimum atomic E-state index is -0.507. The summed E-state index contributed by atoms with van der Waals surface area (Å²) >= 11 is 3.66. The minimum Gasteiger partial charge on any atom is -0.490 e. The number of aromatic nitrogens is 2. The molecule has 0 atom stereocenters. The van der Waals surface area contributed by atoms with Gasteiger partial charge in [0.05, 0.1) is 30.1 Å². The van der Waals surface area contributed by atoms with Gasteiger partial charge in [0.2, 0.25) is 11.0 Å². The van der Waals surface area contributed by atoms with Crippen LogP contribution >= 0.6 is 34.9 Å². The van der Waals surface area contributed by atoms with E-state index in [1.807, 2.05) is 0 Å². The summed E-state index contributed by atoms with van der Waals surface area (Å²) in [7, 11) is 1.37. The Hall–Kier alpha value is -2.38. The van der Waals surface area contributed by atoms with Gasteiger partial charge in [-0.2, -0.15) is 0 Å². The molecule has 0 aliphatic carbocycles. The van der Waals surface area contributed by atoms with Gasteiger partial charge in [-0.3, -0.25) is 25.0 Å². The fourth-order valence-corrected chi connectivity index (χ4v) is 4.37. The highest BCUT2D eigenvalue weighted by Gasteiger charge is 2.15. The summed E-state index contributed by atoms with van der Waals surface area (Å²) in [6.45, 7) is 2.05. The van der Waals surface area contributed by atoms with Gasteiger partial charge in [0, 0.05) is 11.8 Å². The van der Waals surface area contributed by atoms with Gasteiger partial charge in [0.15, 0.2) is 10.1 Å². The van der Waals surface area contributed by atoms with Gasteiger partial charge in [-0.15, -0.1) is 22.0 Å². The number of nitrogens with one attached hydrogen (secondary N) is 1. The zero-order valence-corrected chi connectivity index (χ0v) is 18.0. The topological polar surface area (TPSA) is 134 Å². The molecule has 0 spiro atoms. The second kappa shape index (κ2) is 11.6. The first-order valence-electron chi connectivity index (χ1n) is 8.23. The molecule has 2 rings (SSSR count). The highest BCUT2D eigenvalue weighted by molar-refractivity contribution is 8.01. The number of ether oxygens (including phenoxy) is 2. The quantitative estimate of drug-likeness (QED) is 0.176. The molecule has 0 unspecified atom stereocenters. The highest BCUT2D eigenvalue weighted by atomic mass is 32.2. The van der Waals surface area contributed by atoms with Crippen LogP contribution in [-0.4, -0.2) is 52.2 Å². The normalized spacial score (nSPS) is 10.4. The second-order valence-corrected chi connectivity index (χ2v) is 8.46. The molecule has 0 fully saturated rings. The lowest BCUT2D eigenvalue weighted by atomic mass is 10.2. The number of nitro benzene ring substituents is 1. The van der Waals surface area contributed by atoms with Gasteiger partial charge in [-0.1, -0.05) is 29.2 Å². The Bertz CT molecular complexity index is 876. The number of nitro groups is 1. The maximum atomic E-state index is 12.0. The van der Waals surface area contributed by atoms with Crippen molar-refractivity contribution in [3.05, 3.63) is 33.9 Å². The lowest BCUT2D eigenvalue weighted by molar-refractivity contribution is -0.385. The van der Waals surface area contributed by atoms with E-state index in [1.54, 1.807) is 13.0 Å². The van der Waals surface area contributed by atoms with Crippen molar-refractivity contribution in [1.29, 1.82) is 0 Å². The third-order valence-electron chi connectivity index (χ3n) is 3.21. The minimum absolute atomic E-state index is 0.114. The molecule has 0 saturated heterocycles. The Morgan fingerprint density at radius 1 is 1.31 bits per heavy atom. The number of hydrogen-bond acceptors (Lipinski definition) is 11. The van der Waals surface area contributed by atoms with Crippen molar-refractivity contribution >= 4 is 57.6 Å². The van der Waals surface area contributed by atoms with Gasteiger partial charge in [-0.25, -0.2) is 0 Å². The number of benzene rings is 1. The summed E-state index contributed by atoms with van der Waals surface area (Å²) in [5.41, 5.74) is 0.598. The van der Waals surface area contributed by atoms with Crippen LogP contribution in [-0.2, 0) is 20.1 Å². The molecular formula is C16H18N4O6S3. The average molecular weight is 459 g/mol. The molecule has 1 aromatic heterocycles. The first-order valence-corrected chi connectivity index (χ1v) is 11.2.